The molecule has 6 nitrogen and oxygen atoms in total. The van der Waals surface area contributed by atoms with Crippen LogP contribution in [0, 0.1) is 6.92 Å². The van der Waals surface area contributed by atoms with Crippen LogP contribution in [0.25, 0.3) is 0 Å². The standard InChI is InChI=1S/C21H29N3O3/c1-15-5-8-17(9-6-15)24(2)12-4-3-11-23-14-20(26)16-7-10-19(25)18(13-16)21(22)27/h5-10,13,20,23,25-26H,3-4,11-12,14H2,1-2H3,(H2,22,27). The molecule has 1 atom stereocenters. The third-order valence-corrected chi connectivity index (χ3v) is 4.58. The van der Waals surface area contributed by atoms with Crippen LogP contribution in [0.15, 0.2) is 42.5 Å². The largest absolute Gasteiger partial charge is 0.507 e. The second kappa shape index (κ2) is 9.94. The van der Waals surface area contributed by atoms with Gasteiger partial charge in [-0.25, -0.2) is 0 Å². The van der Waals surface area contributed by atoms with Crippen molar-refractivity contribution < 1.29 is 15.0 Å². The van der Waals surface area contributed by atoms with Crippen molar-refractivity contribution in [3.8, 4) is 5.75 Å². The van der Waals surface area contributed by atoms with Gasteiger partial charge < -0.3 is 26.2 Å². The van der Waals surface area contributed by atoms with Crippen molar-refractivity contribution in [3.63, 3.8) is 0 Å². The molecule has 0 aliphatic heterocycles. The smallest absolute Gasteiger partial charge is 0.252 e. The van der Waals surface area contributed by atoms with E-state index in [0.29, 0.717) is 12.1 Å². The number of nitrogens with two attached hydrogens (primary N) is 1. The van der Waals surface area contributed by atoms with Crippen LogP contribution in [0.3, 0.4) is 0 Å². The Labute approximate surface area is 160 Å². The molecule has 1 amide bonds. The highest BCUT2D eigenvalue weighted by atomic mass is 16.3. The predicted octanol–water partition coefficient (Wildman–Crippen LogP) is 2.34. The minimum Gasteiger partial charge on any atom is -0.507 e. The number of carbonyl (C=O) groups excluding carboxylic acids is 1. The van der Waals surface area contributed by atoms with E-state index in [4.69, 9.17) is 5.73 Å². The molecular formula is C21H29N3O3. The molecule has 0 radical (unpaired) electrons. The van der Waals surface area contributed by atoms with Crippen LogP contribution in [0.1, 0.15) is 40.4 Å². The fraction of sp³-hybridized carbons (Fsp3) is 0.381. The van der Waals surface area contributed by atoms with Crippen molar-refractivity contribution in [2.45, 2.75) is 25.9 Å². The number of aryl methyl sites for hydroxylation is 1. The summed E-state index contributed by atoms with van der Waals surface area (Å²) in [4.78, 5) is 13.5. The molecule has 0 aliphatic carbocycles. The molecule has 27 heavy (non-hydrogen) atoms. The number of amides is 1. The van der Waals surface area contributed by atoms with Gasteiger partial charge in [0.2, 0.25) is 0 Å². The van der Waals surface area contributed by atoms with Crippen LogP contribution >= 0.6 is 0 Å². The van der Waals surface area contributed by atoms with Gasteiger partial charge >= 0.3 is 0 Å². The van der Waals surface area contributed by atoms with E-state index in [0.717, 1.165) is 25.9 Å². The van der Waals surface area contributed by atoms with Crippen LogP contribution < -0.4 is 16.0 Å². The second-order valence-electron chi connectivity index (χ2n) is 6.82. The Morgan fingerprint density at radius 3 is 2.56 bits per heavy atom. The summed E-state index contributed by atoms with van der Waals surface area (Å²) in [7, 11) is 2.09. The first-order valence-electron chi connectivity index (χ1n) is 9.18. The summed E-state index contributed by atoms with van der Waals surface area (Å²) in [6, 6.07) is 12.9. The number of primary amides is 1. The number of unbranched alkanes of at least 4 members (excludes halogenated alkanes) is 1. The second-order valence-corrected chi connectivity index (χ2v) is 6.82. The molecule has 0 saturated heterocycles. The quantitative estimate of drug-likeness (QED) is 0.481. The number of aliphatic hydroxyl groups is 1. The van der Waals surface area contributed by atoms with Gasteiger partial charge in [-0.15, -0.1) is 0 Å². The van der Waals surface area contributed by atoms with E-state index in [9.17, 15) is 15.0 Å². The van der Waals surface area contributed by atoms with Gasteiger partial charge in [0.25, 0.3) is 5.91 Å². The van der Waals surface area contributed by atoms with Gasteiger partial charge in [-0.05, 0) is 56.1 Å². The molecule has 6 heteroatoms. The molecule has 0 heterocycles. The summed E-state index contributed by atoms with van der Waals surface area (Å²) in [6.07, 6.45) is 1.27. The Morgan fingerprint density at radius 2 is 1.89 bits per heavy atom. The number of benzene rings is 2. The molecule has 0 fully saturated rings. The molecule has 2 aromatic carbocycles. The number of nitrogens with one attached hydrogen (secondary N) is 1. The third-order valence-electron chi connectivity index (χ3n) is 4.58. The number of anilines is 1. The summed E-state index contributed by atoms with van der Waals surface area (Å²) >= 11 is 0. The van der Waals surface area contributed by atoms with E-state index in [-0.39, 0.29) is 11.3 Å². The number of aliphatic hydroxyl groups excluding tert-OH is 1. The SMILES string of the molecule is Cc1ccc(N(C)CCCCNCC(O)c2ccc(O)c(C(N)=O)c2)cc1. The number of hydrogen-bond acceptors (Lipinski definition) is 5. The predicted molar refractivity (Wildman–Crippen MR) is 108 cm³/mol. The van der Waals surface area contributed by atoms with Gasteiger partial charge in [0.1, 0.15) is 5.75 Å². The monoisotopic (exact) mass is 371 g/mol. The highest BCUT2D eigenvalue weighted by Crippen LogP contribution is 2.22. The van der Waals surface area contributed by atoms with Gasteiger partial charge in [0, 0.05) is 25.8 Å². The number of carbonyl (C=O) groups is 1. The number of aromatic hydroxyl groups is 1. The van der Waals surface area contributed by atoms with E-state index in [1.807, 2.05) is 0 Å². The first-order valence-corrected chi connectivity index (χ1v) is 9.18. The van der Waals surface area contributed by atoms with Gasteiger partial charge in [-0.1, -0.05) is 23.8 Å². The highest BCUT2D eigenvalue weighted by molar-refractivity contribution is 5.95. The lowest BCUT2D eigenvalue weighted by molar-refractivity contribution is 0.0997. The zero-order chi connectivity index (χ0) is 19.8. The Balaban J connectivity index is 1.68. The van der Waals surface area contributed by atoms with Crippen LogP contribution in [0.4, 0.5) is 5.69 Å². The van der Waals surface area contributed by atoms with Gasteiger partial charge in [-0.3, -0.25) is 4.79 Å². The van der Waals surface area contributed by atoms with E-state index in [1.54, 1.807) is 6.07 Å². The maximum Gasteiger partial charge on any atom is 0.252 e. The maximum atomic E-state index is 11.3. The summed E-state index contributed by atoms with van der Waals surface area (Å²) in [5.41, 5.74) is 8.25. The number of rotatable bonds is 10. The van der Waals surface area contributed by atoms with Crippen molar-refractivity contribution in [2.75, 3.05) is 31.6 Å². The zero-order valence-corrected chi connectivity index (χ0v) is 16.0. The van der Waals surface area contributed by atoms with Crippen molar-refractivity contribution in [2.24, 2.45) is 5.73 Å². The van der Waals surface area contributed by atoms with Crippen LogP contribution in [-0.2, 0) is 0 Å². The molecule has 0 spiro atoms. The van der Waals surface area contributed by atoms with Crippen molar-refractivity contribution >= 4 is 11.6 Å². The molecule has 0 aliphatic rings. The van der Waals surface area contributed by atoms with Gasteiger partial charge in [-0.2, -0.15) is 0 Å². The summed E-state index contributed by atoms with van der Waals surface area (Å²) < 4.78 is 0. The van der Waals surface area contributed by atoms with Gasteiger partial charge in [0.15, 0.2) is 0 Å². The van der Waals surface area contributed by atoms with E-state index < -0.39 is 12.0 Å². The topological polar surface area (TPSA) is 98.8 Å². The van der Waals surface area contributed by atoms with E-state index in [2.05, 4.69) is 48.5 Å². The summed E-state index contributed by atoms with van der Waals surface area (Å²) in [5.74, 6) is -0.892. The molecule has 1 unspecified atom stereocenters. The first kappa shape index (κ1) is 20.7. The lowest BCUT2D eigenvalue weighted by Gasteiger charge is -2.19. The highest BCUT2D eigenvalue weighted by Gasteiger charge is 2.13. The van der Waals surface area contributed by atoms with Crippen molar-refractivity contribution in [3.05, 3.63) is 59.2 Å². The molecule has 0 saturated carbocycles. The minimum atomic E-state index is -0.765. The molecule has 2 rings (SSSR count). The van der Waals surface area contributed by atoms with Crippen molar-refractivity contribution in [1.29, 1.82) is 0 Å². The minimum absolute atomic E-state index is 0.0192. The fourth-order valence-corrected chi connectivity index (χ4v) is 2.84. The number of nitrogens with zero attached hydrogens (tertiary/aromatic N) is 1. The van der Waals surface area contributed by atoms with E-state index >= 15 is 0 Å². The number of phenols is 1. The van der Waals surface area contributed by atoms with Crippen molar-refractivity contribution in [1.82, 2.24) is 5.32 Å². The zero-order valence-electron chi connectivity index (χ0n) is 16.0. The Kier molecular flexibility index (Phi) is 7.64. The Bertz CT molecular complexity index is 747. The normalized spacial score (nSPS) is 12.0. The van der Waals surface area contributed by atoms with E-state index in [1.165, 1.54) is 23.4 Å². The maximum absolute atomic E-state index is 11.3. The van der Waals surface area contributed by atoms with Crippen LogP contribution in [0.5, 0.6) is 5.75 Å². The Morgan fingerprint density at radius 1 is 1.19 bits per heavy atom. The molecular weight excluding hydrogens is 342 g/mol. The Hall–Kier alpha value is -2.57. The van der Waals surface area contributed by atoms with Crippen LogP contribution in [-0.4, -0.2) is 42.8 Å². The lowest BCUT2D eigenvalue weighted by atomic mass is 10.0. The average molecular weight is 371 g/mol. The molecule has 5 N–H and O–H groups in total. The number of hydrogen-bond donors (Lipinski definition) is 4. The third kappa shape index (κ3) is 6.27. The lowest BCUT2D eigenvalue weighted by Crippen LogP contribution is -2.24. The first-order chi connectivity index (χ1) is 12.9. The molecule has 0 bridgehead atoms. The summed E-state index contributed by atoms with van der Waals surface area (Å²) in [6.45, 7) is 4.21. The average Bonchev–Trinajstić information content (AvgIpc) is 2.64. The fourth-order valence-electron chi connectivity index (χ4n) is 2.84. The summed E-state index contributed by atoms with van der Waals surface area (Å²) in [5, 5.41) is 23.0. The molecule has 0 aromatic heterocycles. The van der Waals surface area contributed by atoms with Gasteiger partial charge in [0.05, 0.1) is 11.7 Å². The molecule has 2 aromatic rings. The molecule has 146 valence electrons. The van der Waals surface area contributed by atoms with Crippen LogP contribution in [0.2, 0.25) is 0 Å².